The van der Waals surface area contributed by atoms with E-state index < -0.39 is 0 Å². The molecule has 0 aliphatic rings. The minimum atomic E-state index is -0.122. The van der Waals surface area contributed by atoms with Gasteiger partial charge >= 0.3 is 0 Å². The molecule has 0 saturated carbocycles. The van der Waals surface area contributed by atoms with E-state index in [0.717, 1.165) is 16.5 Å². The first-order chi connectivity index (χ1) is 13.1. The quantitative estimate of drug-likeness (QED) is 0.479. The fourth-order valence-corrected chi connectivity index (χ4v) is 3.62. The van der Waals surface area contributed by atoms with Gasteiger partial charge in [0.25, 0.3) is 0 Å². The van der Waals surface area contributed by atoms with Gasteiger partial charge in [0.2, 0.25) is 5.91 Å². The van der Waals surface area contributed by atoms with Crippen molar-refractivity contribution in [2.24, 2.45) is 0 Å². The van der Waals surface area contributed by atoms with Crippen LogP contribution in [-0.2, 0) is 4.79 Å². The van der Waals surface area contributed by atoms with Gasteiger partial charge in [0, 0.05) is 18.1 Å². The zero-order valence-corrected chi connectivity index (χ0v) is 16.1. The first-order valence-corrected chi connectivity index (χ1v) is 9.55. The summed E-state index contributed by atoms with van der Waals surface area (Å²) in [6, 6.07) is 17.5. The number of carbonyl (C=O) groups excluding carboxylic acids is 1. The van der Waals surface area contributed by atoms with E-state index in [-0.39, 0.29) is 18.2 Å². The van der Waals surface area contributed by atoms with Crippen LogP contribution in [0.5, 0.6) is 0 Å². The van der Waals surface area contributed by atoms with Crippen molar-refractivity contribution >= 4 is 23.4 Å². The van der Waals surface area contributed by atoms with E-state index in [1.54, 1.807) is 6.20 Å². The molecule has 0 atom stereocenters. The second-order valence-corrected chi connectivity index (χ2v) is 7.00. The molecule has 1 aromatic heterocycles. The van der Waals surface area contributed by atoms with Crippen molar-refractivity contribution in [2.45, 2.75) is 19.0 Å². The normalized spacial score (nSPS) is 10.4. The van der Waals surface area contributed by atoms with Crippen LogP contribution in [0.25, 0.3) is 5.69 Å². The van der Waals surface area contributed by atoms with Crippen molar-refractivity contribution in [1.29, 1.82) is 5.26 Å². The molecule has 0 N–H and O–H groups in total. The Morgan fingerprint density at radius 1 is 1.19 bits per heavy atom. The number of rotatable bonds is 6. The molecule has 0 unspecified atom stereocenters. The number of para-hydroxylation sites is 1. The third-order valence-electron chi connectivity index (χ3n) is 4.36. The van der Waals surface area contributed by atoms with Crippen LogP contribution in [0.4, 0.5) is 5.69 Å². The standard InChI is InChI=1S/C21H20N4OS/c1-16-7-6-10-19(17(16)2)25-14-12-23-21(25)27-15-20(26)24(13-11-22)18-8-4-3-5-9-18/h3-10,12,14H,13,15H2,1-2H3. The van der Waals surface area contributed by atoms with Gasteiger partial charge in [-0.3, -0.25) is 14.3 Å². The van der Waals surface area contributed by atoms with Crippen LogP contribution in [-0.4, -0.2) is 27.8 Å². The largest absolute Gasteiger partial charge is 0.298 e. The molecule has 1 heterocycles. The molecule has 0 spiro atoms. The Morgan fingerprint density at radius 3 is 2.70 bits per heavy atom. The van der Waals surface area contributed by atoms with E-state index in [9.17, 15) is 4.79 Å². The number of nitrogens with zero attached hydrogens (tertiary/aromatic N) is 4. The highest BCUT2D eigenvalue weighted by Crippen LogP contribution is 2.25. The molecular weight excluding hydrogens is 356 g/mol. The van der Waals surface area contributed by atoms with Crippen LogP contribution in [0.1, 0.15) is 11.1 Å². The minimum Gasteiger partial charge on any atom is -0.298 e. The molecule has 5 nitrogen and oxygen atoms in total. The highest BCUT2D eigenvalue weighted by atomic mass is 32.2. The molecule has 0 bridgehead atoms. The summed E-state index contributed by atoms with van der Waals surface area (Å²) in [4.78, 5) is 18.6. The van der Waals surface area contributed by atoms with Crippen molar-refractivity contribution in [3.8, 4) is 11.8 Å². The number of thioether (sulfide) groups is 1. The van der Waals surface area contributed by atoms with Crippen LogP contribution in [0.2, 0.25) is 0 Å². The zero-order valence-electron chi connectivity index (χ0n) is 15.3. The van der Waals surface area contributed by atoms with Gasteiger partial charge in [0.1, 0.15) is 6.54 Å². The van der Waals surface area contributed by atoms with E-state index in [2.05, 4.69) is 31.0 Å². The second-order valence-electron chi connectivity index (χ2n) is 6.06. The molecule has 0 saturated heterocycles. The first kappa shape index (κ1) is 18.7. The maximum absolute atomic E-state index is 12.7. The van der Waals surface area contributed by atoms with Crippen molar-refractivity contribution in [1.82, 2.24) is 9.55 Å². The lowest BCUT2D eigenvalue weighted by Gasteiger charge is -2.19. The first-order valence-electron chi connectivity index (χ1n) is 8.57. The average molecular weight is 376 g/mol. The number of aryl methyl sites for hydroxylation is 1. The average Bonchev–Trinajstić information content (AvgIpc) is 3.15. The lowest BCUT2D eigenvalue weighted by atomic mass is 10.1. The second kappa shape index (κ2) is 8.56. The van der Waals surface area contributed by atoms with Gasteiger partial charge < -0.3 is 0 Å². The Morgan fingerprint density at radius 2 is 1.96 bits per heavy atom. The zero-order chi connectivity index (χ0) is 19.2. The number of amides is 1. The Hall–Kier alpha value is -3.04. The summed E-state index contributed by atoms with van der Waals surface area (Å²) in [5, 5.41) is 9.83. The predicted octanol–water partition coefficient (Wildman–Crippen LogP) is 4.14. The number of carbonyl (C=O) groups is 1. The molecule has 0 fully saturated rings. The third kappa shape index (κ3) is 4.21. The van der Waals surface area contributed by atoms with Crippen LogP contribution >= 0.6 is 11.8 Å². The molecule has 27 heavy (non-hydrogen) atoms. The van der Waals surface area contributed by atoms with Gasteiger partial charge in [-0.25, -0.2) is 4.98 Å². The molecular formula is C21H20N4OS. The lowest BCUT2D eigenvalue weighted by Crippen LogP contribution is -2.32. The van der Waals surface area contributed by atoms with Gasteiger partial charge in [-0.2, -0.15) is 5.26 Å². The maximum Gasteiger partial charge on any atom is 0.238 e. The number of nitriles is 1. The molecule has 0 aliphatic carbocycles. The van der Waals surface area contributed by atoms with Gasteiger partial charge in [-0.05, 0) is 43.2 Å². The van der Waals surface area contributed by atoms with Crippen molar-refractivity contribution in [3.05, 3.63) is 72.1 Å². The molecule has 6 heteroatoms. The molecule has 2 aromatic carbocycles. The summed E-state index contributed by atoms with van der Waals surface area (Å²) < 4.78 is 2.00. The number of benzene rings is 2. The molecule has 0 aliphatic heterocycles. The van der Waals surface area contributed by atoms with E-state index in [1.807, 2.05) is 53.2 Å². The molecule has 1 amide bonds. The summed E-state index contributed by atoms with van der Waals surface area (Å²) in [5.41, 5.74) is 4.17. The van der Waals surface area contributed by atoms with E-state index >= 15 is 0 Å². The predicted molar refractivity (Wildman–Crippen MR) is 108 cm³/mol. The molecule has 136 valence electrons. The monoisotopic (exact) mass is 376 g/mol. The summed E-state index contributed by atoms with van der Waals surface area (Å²) in [5.74, 6) is 0.0848. The Labute approximate surface area is 163 Å². The number of aromatic nitrogens is 2. The van der Waals surface area contributed by atoms with Crippen molar-refractivity contribution in [2.75, 3.05) is 17.2 Å². The highest BCUT2D eigenvalue weighted by Gasteiger charge is 2.17. The summed E-state index contributed by atoms with van der Waals surface area (Å²) in [7, 11) is 0. The Kier molecular flexibility index (Phi) is 5.94. The van der Waals surface area contributed by atoms with Gasteiger partial charge in [0.05, 0.1) is 17.5 Å². The topological polar surface area (TPSA) is 61.9 Å². The number of hydrogen-bond donors (Lipinski definition) is 0. The molecule has 3 rings (SSSR count). The SMILES string of the molecule is Cc1cccc(-n2ccnc2SCC(=O)N(CC#N)c2ccccc2)c1C. The fraction of sp³-hybridized carbons (Fsp3) is 0.190. The van der Waals surface area contributed by atoms with Crippen molar-refractivity contribution in [3.63, 3.8) is 0 Å². The maximum atomic E-state index is 12.7. The Bertz CT molecular complexity index is 975. The summed E-state index contributed by atoms with van der Waals surface area (Å²) in [6.07, 6.45) is 3.64. The smallest absolute Gasteiger partial charge is 0.238 e. The molecule has 0 radical (unpaired) electrons. The van der Waals surface area contributed by atoms with E-state index in [4.69, 9.17) is 5.26 Å². The van der Waals surface area contributed by atoms with Crippen LogP contribution < -0.4 is 4.90 Å². The Balaban J connectivity index is 1.77. The van der Waals surface area contributed by atoms with Gasteiger partial charge in [-0.15, -0.1) is 0 Å². The minimum absolute atomic E-state index is 0.0227. The van der Waals surface area contributed by atoms with Crippen molar-refractivity contribution < 1.29 is 4.79 Å². The van der Waals surface area contributed by atoms with Gasteiger partial charge in [-0.1, -0.05) is 42.1 Å². The van der Waals surface area contributed by atoms with E-state index in [1.165, 1.54) is 27.8 Å². The van der Waals surface area contributed by atoms with Crippen LogP contribution in [0.15, 0.2) is 66.1 Å². The number of imidazole rings is 1. The van der Waals surface area contributed by atoms with E-state index in [0.29, 0.717) is 0 Å². The van der Waals surface area contributed by atoms with Gasteiger partial charge in [0.15, 0.2) is 5.16 Å². The number of hydrogen-bond acceptors (Lipinski definition) is 4. The third-order valence-corrected chi connectivity index (χ3v) is 5.32. The van der Waals surface area contributed by atoms with Crippen LogP contribution in [0, 0.1) is 25.2 Å². The highest BCUT2D eigenvalue weighted by molar-refractivity contribution is 7.99. The summed E-state index contributed by atoms with van der Waals surface area (Å²) in [6.45, 7) is 4.18. The molecule has 3 aromatic rings. The van der Waals surface area contributed by atoms with Crippen LogP contribution in [0.3, 0.4) is 0 Å². The fourth-order valence-electron chi connectivity index (χ4n) is 2.78. The lowest BCUT2D eigenvalue weighted by molar-refractivity contribution is -0.116. The number of anilines is 1. The summed E-state index contributed by atoms with van der Waals surface area (Å²) >= 11 is 1.37.